The van der Waals surface area contributed by atoms with Crippen molar-refractivity contribution in [2.75, 3.05) is 5.32 Å². The van der Waals surface area contributed by atoms with Gasteiger partial charge in [-0.2, -0.15) is 0 Å². The number of pyridine rings is 1. The molecule has 0 radical (unpaired) electrons. The van der Waals surface area contributed by atoms with E-state index >= 15 is 0 Å². The Labute approximate surface area is 122 Å². The molecule has 19 heavy (non-hydrogen) atoms. The molecule has 0 saturated heterocycles. The first kappa shape index (κ1) is 12.3. The maximum atomic E-state index is 12.1. The van der Waals surface area contributed by atoms with Crippen molar-refractivity contribution in [3.63, 3.8) is 0 Å². The van der Waals surface area contributed by atoms with Gasteiger partial charge in [-0.3, -0.25) is 4.79 Å². The van der Waals surface area contributed by atoms with Gasteiger partial charge in [-0.1, -0.05) is 0 Å². The van der Waals surface area contributed by atoms with E-state index in [2.05, 4.69) is 26.2 Å². The van der Waals surface area contributed by atoms with Crippen LogP contribution < -0.4 is 5.32 Å². The number of hydrogen-bond donors (Lipinski definition) is 1. The Hall–Kier alpha value is -1.72. The topological polar surface area (TPSA) is 42.0 Å². The Kier molecular flexibility index (Phi) is 3.31. The van der Waals surface area contributed by atoms with Gasteiger partial charge in [-0.25, -0.2) is 4.98 Å². The highest BCUT2D eigenvalue weighted by atomic mass is 79.9. The van der Waals surface area contributed by atoms with E-state index in [-0.39, 0.29) is 5.91 Å². The highest BCUT2D eigenvalue weighted by Gasteiger charge is 2.10. The molecule has 0 aliphatic heterocycles. The first-order valence-corrected chi connectivity index (χ1v) is 7.30. The van der Waals surface area contributed by atoms with Crippen LogP contribution in [-0.4, -0.2) is 10.9 Å². The van der Waals surface area contributed by atoms with Crippen LogP contribution in [0.25, 0.3) is 10.1 Å². The molecule has 5 heteroatoms. The van der Waals surface area contributed by atoms with Crippen molar-refractivity contribution in [1.82, 2.24) is 4.98 Å². The second kappa shape index (κ2) is 5.11. The number of nitrogens with zero attached hydrogens (tertiary/aromatic N) is 1. The molecule has 0 unspecified atom stereocenters. The van der Waals surface area contributed by atoms with Crippen molar-refractivity contribution in [3.8, 4) is 0 Å². The molecule has 1 aromatic carbocycles. The van der Waals surface area contributed by atoms with E-state index in [1.165, 1.54) is 4.70 Å². The number of carbonyl (C=O) groups is 1. The summed E-state index contributed by atoms with van der Waals surface area (Å²) in [6.45, 7) is 0. The van der Waals surface area contributed by atoms with E-state index in [4.69, 9.17) is 0 Å². The van der Waals surface area contributed by atoms with Crippen LogP contribution in [0, 0.1) is 0 Å². The summed E-state index contributed by atoms with van der Waals surface area (Å²) < 4.78 is 1.75. The number of nitrogens with one attached hydrogen (secondary N) is 1. The molecule has 94 valence electrons. The normalized spacial score (nSPS) is 10.6. The third-order valence-corrected chi connectivity index (χ3v) is 4.24. The summed E-state index contributed by atoms with van der Waals surface area (Å²) in [4.78, 5) is 16.2. The maximum Gasteiger partial charge on any atom is 0.258 e. The molecule has 0 fully saturated rings. The molecular formula is C14H9BrN2OS. The Bertz CT molecular complexity index is 754. The van der Waals surface area contributed by atoms with Crippen LogP contribution in [0.5, 0.6) is 0 Å². The van der Waals surface area contributed by atoms with Gasteiger partial charge in [0, 0.05) is 16.6 Å². The fourth-order valence-electron chi connectivity index (χ4n) is 1.80. The summed E-state index contributed by atoms with van der Waals surface area (Å²) in [6.07, 6.45) is 1.64. The van der Waals surface area contributed by atoms with Gasteiger partial charge >= 0.3 is 0 Å². The van der Waals surface area contributed by atoms with E-state index in [0.29, 0.717) is 10.2 Å². The van der Waals surface area contributed by atoms with Crippen LogP contribution in [0.4, 0.5) is 5.69 Å². The van der Waals surface area contributed by atoms with Gasteiger partial charge in [0.2, 0.25) is 0 Å². The number of aromatic nitrogens is 1. The van der Waals surface area contributed by atoms with Crippen LogP contribution in [0.15, 0.2) is 52.6 Å². The lowest BCUT2D eigenvalue weighted by Crippen LogP contribution is -2.12. The molecule has 0 spiro atoms. The molecule has 3 rings (SSSR count). The summed E-state index contributed by atoms with van der Waals surface area (Å²) >= 11 is 4.96. The molecule has 3 aromatic rings. The summed E-state index contributed by atoms with van der Waals surface area (Å²) in [5.74, 6) is -0.172. The van der Waals surface area contributed by atoms with E-state index < -0.39 is 0 Å². The third-order valence-electron chi connectivity index (χ3n) is 2.71. The lowest BCUT2D eigenvalue weighted by Gasteiger charge is -2.06. The molecule has 0 aliphatic rings. The number of halogens is 1. The van der Waals surface area contributed by atoms with Gasteiger partial charge in [0.25, 0.3) is 5.91 Å². The van der Waals surface area contributed by atoms with Crippen molar-refractivity contribution in [2.24, 2.45) is 0 Å². The molecule has 0 atom stereocenters. The van der Waals surface area contributed by atoms with Crippen LogP contribution in [0.2, 0.25) is 0 Å². The molecule has 2 aromatic heterocycles. The van der Waals surface area contributed by atoms with Crippen molar-refractivity contribution >= 4 is 48.9 Å². The SMILES string of the molecule is O=C(Nc1ccc2sccc2c1)c1cccnc1Br. The predicted molar refractivity (Wildman–Crippen MR) is 81.7 cm³/mol. The fourth-order valence-corrected chi connectivity index (χ4v) is 3.00. The maximum absolute atomic E-state index is 12.1. The monoisotopic (exact) mass is 332 g/mol. The minimum atomic E-state index is -0.172. The first-order valence-electron chi connectivity index (χ1n) is 5.63. The minimum absolute atomic E-state index is 0.172. The predicted octanol–water partition coefficient (Wildman–Crippen LogP) is 4.31. The van der Waals surface area contributed by atoms with Gasteiger partial charge in [0.1, 0.15) is 4.60 Å². The zero-order valence-electron chi connectivity index (χ0n) is 9.76. The molecule has 1 amide bonds. The third kappa shape index (κ3) is 2.52. The number of rotatable bonds is 2. The van der Waals surface area contributed by atoms with Crippen molar-refractivity contribution < 1.29 is 4.79 Å². The largest absolute Gasteiger partial charge is 0.322 e. The first-order chi connectivity index (χ1) is 9.24. The van der Waals surface area contributed by atoms with E-state index in [9.17, 15) is 4.79 Å². The van der Waals surface area contributed by atoms with Crippen molar-refractivity contribution in [3.05, 3.63) is 58.1 Å². The Morgan fingerprint density at radius 1 is 1.26 bits per heavy atom. The molecule has 2 heterocycles. The van der Waals surface area contributed by atoms with Crippen molar-refractivity contribution in [2.45, 2.75) is 0 Å². The highest BCUT2D eigenvalue weighted by Crippen LogP contribution is 2.24. The number of hydrogen-bond acceptors (Lipinski definition) is 3. The van der Waals surface area contributed by atoms with Gasteiger partial charge in [-0.15, -0.1) is 11.3 Å². The number of benzene rings is 1. The fraction of sp³-hybridized carbons (Fsp3) is 0. The van der Waals surface area contributed by atoms with Crippen molar-refractivity contribution in [1.29, 1.82) is 0 Å². The van der Waals surface area contributed by atoms with Gasteiger partial charge < -0.3 is 5.32 Å². The lowest BCUT2D eigenvalue weighted by molar-refractivity contribution is 0.102. The molecule has 0 saturated carbocycles. The summed E-state index contributed by atoms with van der Waals surface area (Å²) in [5, 5.41) is 6.04. The van der Waals surface area contributed by atoms with Gasteiger partial charge in [0.05, 0.1) is 5.56 Å². The summed E-state index contributed by atoms with van der Waals surface area (Å²) in [5.41, 5.74) is 1.31. The van der Waals surface area contributed by atoms with Crippen LogP contribution in [0.3, 0.4) is 0 Å². The second-order valence-electron chi connectivity index (χ2n) is 3.97. The van der Waals surface area contributed by atoms with Gasteiger partial charge in [0.15, 0.2) is 0 Å². The second-order valence-corrected chi connectivity index (χ2v) is 5.67. The van der Waals surface area contributed by atoms with Crippen LogP contribution >= 0.6 is 27.3 Å². The summed E-state index contributed by atoms with van der Waals surface area (Å²) in [6, 6.07) is 11.4. The average molecular weight is 333 g/mol. The van der Waals surface area contributed by atoms with E-state index in [1.807, 2.05) is 29.6 Å². The number of carbonyl (C=O) groups excluding carboxylic acids is 1. The molecule has 3 nitrogen and oxygen atoms in total. The molecule has 1 N–H and O–H groups in total. The molecule has 0 aliphatic carbocycles. The smallest absolute Gasteiger partial charge is 0.258 e. The lowest BCUT2D eigenvalue weighted by atomic mass is 10.2. The van der Waals surface area contributed by atoms with E-state index in [0.717, 1.165) is 11.1 Å². The standard InChI is InChI=1S/C14H9BrN2OS/c15-13-11(2-1-6-16-13)14(18)17-10-3-4-12-9(8-10)5-7-19-12/h1-8H,(H,17,18). The summed E-state index contributed by atoms with van der Waals surface area (Å²) in [7, 11) is 0. The quantitative estimate of drug-likeness (QED) is 0.710. The molecular weight excluding hydrogens is 324 g/mol. The highest BCUT2D eigenvalue weighted by molar-refractivity contribution is 9.10. The minimum Gasteiger partial charge on any atom is -0.322 e. The van der Waals surface area contributed by atoms with Crippen LogP contribution in [-0.2, 0) is 0 Å². The van der Waals surface area contributed by atoms with Crippen LogP contribution in [0.1, 0.15) is 10.4 Å². The van der Waals surface area contributed by atoms with Gasteiger partial charge in [-0.05, 0) is 63.1 Å². The zero-order valence-corrected chi connectivity index (χ0v) is 12.2. The molecule has 0 bridgehead atoms. The van der Waals surface area contributed by atoms with E-state index in [1.54, 1.807) is 29.7 Å². The Morgan fingerprint density at radius 2 is 2.16 bits per heavy atom. The number of thiophene rings is 1. The zero-order chi connectivity index (χ0) is 13.2. The number of fused-ring (bicyclic) bond motifs is 1. The average Bonchev–Trinajstić information content (AvgIpc) is 2.86. The number of amides is 1. The Balaban J connectivity index is 1.88. The Morgan fingerprint density at radius 3 is 3.00 bits per heavy atom. The number of anilines is 1.